The maximum absolute atomic E-state index is 13.3. The number of nitrogens with one attached hydrogen (secondary N) is 1. The second-order valence-corrected chi connectivity index (χ2v) is 5.60. The molecule has 21 heavy (non-hydrogen) atoms. The molecule has 0 saturated carbocycles. The molecule has 0 heterocycles. The number of aryl methyl sites for hydroxylation is 1. The molecule has 1 unspecified atom stereocenters. The minimum absolute atomic E-state index is 0.114. The third-order valence-electron chi connectivity index (χ3n) is 4.23. The Bertz CT molecular complexity index is 641. The average Bonchev–Trinajstić information content (AvgIpc) is 2.89. The summed E-state index contributed by atoms with van der Waals surface area (Å²) < 4.78 is 18.7. The van der Waals surface area contributed by atoms with Crippen LogP contribution in [0.3, 0.4) is 0 Å². The largest absolute Gasteiger partial charge is 0.497 e. The molecule has 1 N–H and O–H groups in total. The van der Waals surface area contributed by atoms with E-state index in [-0.39, 0.29) is 11.9 Å². The predicted octanol–water partition coefficient (Wildman–Crippen LogP) is 4.17. The first-order chi connectivity index (χ1) is 10.2. The Labute approximate surface area is 125 Å². The molecule has 2 aromatic rings. The summed E-state index contributed by atoms with van der Waals surface area (Å²) in [6, 6.07) is 13.5. The zero-order valence-corrected chi connectivity index (χ0v) is 12.4. The molecule has 1 aliphatic carbocycles. The van der Waals surface area contributed by atoms with Crippen LogP contribution < -0.4 is 10.1 Å². The van der Waals surface area contributed by atoms with Gasteiger partial charge in [0, 0.05) is 12.1 Å². The van der Waals surface area contributed by atoms with E-state index in [1.54, 1.807) is 19.2 Å². The quantitative estimate of drug-likeness (QED) is 0.910. The van der Waals surface area contributed by atoms with Gasteiger partial charge in [-0.25, -0.2) is 4.39 Å². The van der Waals surface area contributed by atoms with Crippen molar-refractivity contribution in [2.45, 2.75) is 31.8 Å². The van der Waals surface area contributed by atoms with E-state index in [4.69, 9.17) is 4.74 Å². The highest BCUT2D eigenvalue weighted by molar-refractivity contribution is 5.41. The number of hydrogen-bond acceptors (Lipinski definition) is 2. The van der Waals surface area contributed by atoms with Crippen molar-refractivity contribution in [3.63, 3.8) is 0 Å². The first-order valence-electron chi connectivity index (χ1n) is 7.35. The topological polar surface area (TPSA) is 21.3 Å². The van der Waals surface area contributed by atoms with E-state index in [1.807, 2.05) is 12.1 Å². The van der Waals surface area contributed by atoms with Gasteiger partial charge in [0.15, 0.2) is 0 Å². The summed E-state index contributed by atoms with van der Waals surface area (Å²) in [6.07, 6.45) is 2.15. The highest BCUT2D eigenvalue weighted by Gasteiger charge is 2.24. The lowest BCUT2D eigenvalue weighted by molar-refractivity contribution is 0.412. The van der Waals surface area contributed by atoms with E-state index in [1.165, 1.54) is 17.2 Å². The fourth-order valence-corrected chi connectivity index (χ4v) is 3.05. The minimum atomic E-state index is -0.186. The second-order valence-electron chi connectivity index (χ2n) is 5.60. The van der Waals surface area contributed by atoms with Crippen molar-refractivity contribution < 1.29 is 9.13 Å². The summed E-state index contributed by atoms with van der Waals surface area (Å²) in [7, 11) is 1.69. The molecule has 2 aromatic carbocycles. The molecule has 110 valence electrons. The van der Waals surface area contributed by atoms with Crippen molar-refractivity contribution in [2.75, 3.05) is 7.11 Å². The van der Waals surface area contributed by atoms with E-state index in [0.717, 1.165) is 24.2 Å². The van der Waals surface area contributed by atoms with E-state index in [9.17, 15) is 4.39 Å². The highest BCUT2D eigenvalue weighted by Crippen LogP contribution is 2.35. The van der Waals surface area contributed by atoms with Gasteiger partial charge in [0.1, 0.15) is 11.6 Å². The monoisotopic (exact) mass is 285 g/mol. The predicted molar refractivity (Wildman–Crippen MR) is 82.0 cm³/mol. The lowest BCUT2D eigenvalue weighted by Gasteiger charge is -2.21. The van der Waals surface area contributed by atoms with Crippen LogP contribution in [0.5, 0.6) is 5.75 Å². The van der Waals surface area contributed by atoms with E-state index in [0.29, 0.717) is 6.04 Å². The molecule has 0 fully saturated rings. The molecule has 0 aromatic heterocycles. The smallest absolute Gasteiger partial charge is 0.123 e. The lowest BCUT2D eigenvalue weighted by atomic mass is 10.0. The Morgan fingerprint density at radius 2 is 2.10 bits per heavy atom. The Morgan fingerprint density at radius 3 is 2.86 bits per heavy atom. The summed E-state index contributed by atoms with van der Waals surface area (Å²) in [6.45, 7) is 2.08. The van der Waals surface area contributed by atoms with Gasteiger partial charge in [0.2, 0.25) is 0 Å². The molecule has 0 amide bonds. The number of rotatable bonds is 4. The van der Waals surface area contributed by atoms with Crippen LogP contribution >= 0.6 is 0 Å². The molecule has 1 aliphatic rings. The summed E-state index contributed by atoms with van der Waals surface area (Å²) >= 11 is 0. The summed E-state index contributed by atoms with van der Waals surface area (Å²) in [5, 5.41) is 3.61. The average molecular weight is 285 g/mol. The Hall–Kier alpha value is -1.87. The number of halogens is 1. The first kappa shape index (κ1) is 14.1. The van der Waals surface area contributed by atoms with Gasteiger partial charge < -0.3 is 10.1 Å². The van der Waals surface area contributed by atoms with E-state index in [2.05, 4.69) is 24.4 Å². The van der Waals surface area contributed by atoms with Gasteiger partial charge in [-0.2, -0.15) is 0 Å². The Kier molecular flexibility index (Phi) is 3.93. The number of methoxy groups -OCH3 is 1. The van der Waals surface area contributed by atoms with Crippen molar-refractivity contribution in [3.05, 3.63) is 65.0 Å². The van der Waals surface area contributed by atoms with Gasteiger partial charge in [-0.3, -0.25) is 0 Å². The molecule has 0 aliphatic heterocycles. The molecule has 2 nitrogen and oxygen atoms in total. The Morgan fingerprint density at radius 1 is 1.24 bits per heavy atom. The number of benzene rings is 2. The zero-order chi connectivity index (χ0) is 14.8. The highest BCUT2D eigenvalue weighted by atomic mass is 19.1. The van der Waals surface area contributed by atoms with Crippen LogP contribution in [-0.2, 0) is 6.42 Å². The van der Waals surface area contributed by atoms with Gasteiger partial charge in [-0.1, -0.05) is 18.2 Å². The lowest BCUT2D eigenvalue weighted by Crippen LogP contribution is -2.23. The summed E-state index contributed by atoms with van der Waals surface area (Å²) in [5.41, 5.74) is 3.66. The fraction of sp³-hybridized carbons (Fsp3) is 0.333. The van der Waals surface area contributed by atoms with Crippen molar-refractivity contribution in [1.29, 1.82) is 0 Å². The Balaban J connectivity index is 1.78. The molecular weight excluding hydrogens is 265 g/mol. The zero-order valence-electron chi connectivity index (χ0n) is 12.4. The number of fused-ring (bicyclic) bond motifs is 1. The van der Waals surface area contributed by atoms with Gasteiger partial charge in [0.05, 0.1) is 7.11 Å². The van der Waals surface area contributed by atoms with Crippen molar-refractivity contribution in [3.8, 4) is 5.75 Å². The van der Waals surface area contributed by atoms with Crippen LogP contribution in [-0.4, -0.2) is 7.11 Å². The molecule has 0 spiro atoms. The van der Waals surface area contributed by atoms with E-state index < -0.39 is 0 Å². The number of ether oxygens (including phenoxy) is 1. The van der Waals surface area contributed by atoms with Crippen molar-refractivity contribution >= 4 is 0 Å². The van der Waals surface area contributed by atoms with E-state index >= 15 is 0 Å². The molecule has 0 bridgehead atoms. The van der Waals surface area contributed by atoms with Gasteiger partial charge in [-0.05, 0) is 60.7 Å². The van der Waals surface area contributed by atoms with Crippen molar-refractivity contribution in [1.82, 2.24) is 5.32 Å². The first-order valence-corrected chi connectivity index (χ1v) is 7.35. The maximum atomic E-state index is 13.3. The summed E-state index contributed by atoms with van der Waals surface area (Å²) in [4.78, 5) is 0. The third-order valence-corrected chi connectivity index (χ3v) is 4.23. The molecular formula is C18H20FNO. The molecule has 2 atom stereocenters. The molecule has 0 saturated heterocycles. The third kappa shape index (κ3) is 2.93. The standard InChI is InChI=1S/C18H20FNO/c1-12(14-4-3-5-15(19)10-14)20-18-9-7-13-6-8-16(21-2)11-17(13)18/h3-6,8,10-12,18,20H,7,9H2,1-2H3/t12-,18?/m1/s1. The molecule has 0 radical (unpaired) electrons. The fourth-order valence-electron chi connectivity index (χ4n) is 3.05. The van der Waals surface area contributed by atoms with Gasteiger partial charge >= 0.3 is 0 Å². The van der Waals surface area contributed by atoms with Crippen LogP contribution in [0, 0.1) is 5.82 Å². The van der Waals surface area contributed by atoms with Gasteiger partial charge in [-0.15, -0.1) is 0 Å². The molecule has 3 rings (SSSR count). The van der Waals surface area contributed by atoms with Crippen molar-refractivity contribution in [2.24, 2.45) is 0 Å². The maximum Gasteiger partial charge on any atom is 0.123 e. The van der Waals surface area contributed by atoms with Crippen LogP contribution in [0.25, 0.3) is 0 Å². The van der Waals surface area contributed by atoms with Crippen LogP contribution in [0.15, 0.2) is 42.5 Å². The normalized spacial score (nSPS) is 18.3. The van der Waals surface area contributed by atoms with Gasteiger partial charge in [0.25, 0.3) is 0 Å². The van der Waals surface area contributed by atoms with Crippen LogP contribution in [0.1, 0.15) is 42.1 Å². The minimum Gasteiger partial charge on any atom is -0.497 e. The second kappa shape index (κ2) is 5.86. The SMILES string of the molecule is COc1ccc2c(c1)C(N[C@H](C)c1cccc(F)c1)CC2. The summed E-state index contributed by atoms with van der Waals surface area (Å²) in [5.74, 6) is 0.704. The van der Waals surface area contributed by atoms with Crippen LogP contribution in [0.2, 0.25) is 0 Å². The molecule has 3 heteroatoms. The van der Waals surface area contributed by atoms with Crippen LogP contribution in [0.4, 0.5) is 4.39 Å². The number of hydrogen-bond donors (Lipinski definition) is 1.